The van der Waals surface area contributed by atoms with Gasteiger partial charge in [0.1, 0.15) is 11.6 Å². The smallest absolute Gasteiger partial charge is 0.224 e. The highest BCUT2D eigenvalue weighted by molar-refractivity contribution is 6.28. The lowest BCUT2D eigenvalue weighted by Crippen LogP contribution is -2.35. The maximum Gasteiger partial charge on any atom is 0.224 e. The Balaban J connectivity index is 1.70. The Morgan fingerprint density at radius 1 is 1.11 bits per heavy atom. The van der Waals surface area contributed by atoms with Gasteiger partial charge in [-0.15, -0.1) is 0 Å². The molecule has 0 bridgehead atoms. The summed E-state index contributed by atoms with van der Waals surface area (Å²) in [5, 5.41) is 3.47. The molecule has 0 fully saturated rings. The number of nitrogens with zero attached hydrogens (tertiary/aromatic N) is 3. The van der Waals surface area contributed by atoms with Gasteiger partial charge in [0.2, 0.25) is 5.28 Å². The Hall–Kier alpha value is -2.63. The van der Waals surface area contributed by atoms with Crippen molar-refractivity contribution in [2.24, 2.45) is 0 Å². The summed E-state index contributed by atoms with van der Waals surface area (Å²) < 4.78 is 5.27. The molecule has 3 aromatic rings. The predicted molar refractivity (Wildman–Crippen MR) is 112 cm³/mol. The summed E-state index contributed by atoms with van der Waals surface area (Å²) in [5.41, 5.74) is 4.61. The fourth-order valence-corrected chi connectivity index (χ4v) is 3.99. The van der Waals surface area contributed by atoms with Crippen LogP contribution in [0.15, 0.2) is 54.6 Å². The number of anilines is 1. The SMILES string of the molecule is CNc1nc(Cl)nc2c1CN(Cc1ccc(OC)cc1)CC2c1ccccc1. The lowest BCUT2D eigenvalue weighted by Gasteiger charge is -2.35. The van der Waals surface area contributed by atoms with E-state index in [1.807, 2.05) is 25.2 Å². The van der Waals surface area contributed by atoms with Crippen molar-refractivity contribution in [3.05, 3.63) is 82.3 Å². The zero-order chi connectivity index (χ0) is 19.5. The highest BCUT2D eigenvalue weighted by Gasteiger charge is 2.30. The molecule has 1 aliphatic heterocycles. The molecule has 1 atom stereocenters. The van der Waals surface area contributed by atoms with E-state index in [2.05, 4.69) is 56.6 Å². The Morgan fingerprint density at radius 2 is 1.86 bits per heavy atom. The third-order valence-corrected chi connectivity index (χ3v) is 5.34. The van der Waals surface area contributed by atoms with Crippen LogP contribution >= 0.6 is 11.6 Å². The number of halogens is 1. The summed E-state index contributed by atoms with van der Waals surface area (Å²) >= 11 is 6.22. The predicted octanol–water partition coefficient (Wildman–Crippen LogP) is 4.33. The molecule has 5 nitrogen and oxygen atoms in total. The normalized spacial score (nSPS) is 16.5. The van der Waals surface area contributed by atoms with Gasteiger partial charge in [0.25, 0.3) is 0 Å². The number of hydrogen-bond donors (Lipinski definition) is 1. The van der Waals surface area contributed by atoms with Gasteiger partial charge >= 0.3 is 0 Å². The van der Waals surface area contributed by atoms with E-state index in [-0.39, 0.29) is 11.2 Å². The van der Waals surface area contributed by atoms with Gasteiger partial charge in [0.05, 0.1) is 12.8 Å². The van der Waals surface area contributed by atoms with Gasteiger partial charge < -0.3 is 10.1 Å². The standard InChI is InChI=1S/C22H23ClN4O/c1-24-21-19-14-27(12-15-8-10-17(28-2)11-9-15)13-18(16-6-4-3-5-7-16)20(19)25-22(23)26-21/h3-11,18H,12-14H2,1-2H3,(H,24,25,26). The molecule has 0 amide bonds. The molecule has 144 valence electrons. The zero-order valence-electron chi connectivity index (χ0n) is 16.0. The molecule has 0 aliphatic carbocycles. The number of nitrogens with one attached hydrogen (secondary N) is 1. The van der Waals surface area contributed by atoms with Crippen LogP contribution in [0.2, 0.25) is 5.28 Å². The van der Waals surface area contributed by atoms with Crippen LogP contribution in [0.25, 0.3) is 0 Å². The molecule has 2 heterocycles. The lowest BCUT2D eigenvalue weighted by atomic mass is 9.88. The van der Waals surface area contributed by atoms with Crippen LogP contribution in [0.5, 0.6) is 5.75 Å². The Labute approximate surface area is 170 Å². The van der Waals surface area contributed by atoms with Crippen LogP contribution in [0, 0.1) is 0 Å². The molecule has 1 unspecified atom stereocenters. The molecule has 0 radical (unpaired) electrons. The molecular weight excluding hydrogens is 372 g/mol. The van der Waals surface area contributed by atoms with Crippen molar-refractivity contribution < 1.29 is 4.74 Å². The van der Waals surface area contributed by atoms with Crippen molar-refractivity contribution >= 4 is 17.4 Å². The summed E-state index contributed by atoms with van der Waals surface area (Å²) in [7, 11) is 3.56. The second kappa shape index (κ2) is 8.17. The first kappa shape index (κ1) is 18.7. The van der Waals surface area contributed by atoms with E-state index in [1.54, 1.807) is 7.11 Å². The Morgan fingerprint density at radius 3 is 2.54 bits per heavy atom. The van der Waals surface area contributed by atoms with Crippen LogP contribution < -0.4 is 10.1 Å². The average Bonchev–Trinajstić information content (AvgIpc) is 2.74. The number of methoxy groups -OCH3 is 1. The van der Waals surface area contributed by atoms with Crippen molar-refractivity contribution in [1.82, 2.24) is 14.9 Å². The minimum atomic E-state index is 0.149. The molecule has 28 heavy (non-hydrogen) atoms. The van der Waals surface area contributed by atoms with Gasteiger partial charge in [-0.25, -0.2) is 9.97 Å². The first-order chi connectivity index (χ1) is 13.7. The molecule has 4 rings (SSSR count). The van der Waals surface area contributed by atoms with Crippen LogP contribution in [0.4, 0.5) is 5.82 Å². The molecule has 1 aromatic heterocycles. The van der Waals surface area contributed by atoms with Crippen LogP contribution in [-0.2, 0) is 13.1 Å². The fourth-order valence-electron chi connectivity index (χ4n) is 3.81. The molecule has 0 saturated heterocycles. The highest BCUT2D eigenvalue weighted by Crippen LogP contribution is 2.36. The van der Waals surface area contributed by atoms with E-state index < -0.39 is 0 Å². The quantitative estimate of drug-likeness (QED) is 0.653. The summed E-state index contributed by atoms with van der Waals surface area (Å²) in [6.45, 7) is 2.50. The van der Waals surface area contributed by atoms with E-state index in [0.717, 1.165) is 42.5 Å². The first-order valence-corrected chi connectivity index (χ1v) is 9.70. The second-order valence-corrected chi connectivity index (χ2v) is 7.27. The summed E-state index contributed by atoms with van der Waals surface area (Å²) in [4.78, 5) is 11.4. The molecule has 2 aromatic carbocycles. The third kappa shape index (κ3) is 3.81. The van der Waals surface area contributed by atoms with Crippen molar-refractivity contribution in [2.45, 2.75) is 19.0 Å². The fraction of sp³-hybridized carbons (Fsp3) is 0.273. The van der Waals surface area contributed by atoms with Gasteiger partial charge in [-0.2, -0.15) is 0 Å². The number of hydrogen-bond acceptors (Lipinski definition) is 5. The van der Waals surface area contributed by atoms with E-state index in [9.17, 15) is 0 Å². The molecule has 6 heteroatoms. The topological polar surface area (TPSA) is 50.3 Å². The summed E-state index contributed by atoms with van der Waals surface area (Å²) in [6, 6.07) is 18.7. The number of benzene rings is 2. The van der Waals surface area contributed by atoms with E-state index in [0.29, 0.717) is 0 Å². The Kier molecular flexibility index (Phi) is 5.46. The number of ether oxygens (including phenoxy) is 1. The molecule has 1 aliphatic rings. The minimum absolute atomic E-state index is 0.149. The summed E-state index contributed by atoms with van der Waals surface area (Å²) in [5.74, 6) is 1.82. The van der Waals surface area contributed by atoms with Crippen molar-refractivity contribution in [3.8, 4) is 5.75 Å². The zero-order valence-corrected chi connectivity index (χ0v) is 16.8. The van der Waals surface area contributed by atoms with Gasteiger partial charge in [-0.1, -0.05) is 42.5 Å². The van der Waals surface area contributed by atoms with E-state index >= 15 is 0 Å². The molecular formula is C22H23ClN4O. The van der Waals surface area contributed by atoms with Crippen molar-refractivity contribution in [2.75, 3.05) is 26.0 Å². The maximum absolute atomic E-state index is 6.22. The third-order valence-electron chi connectivity index (χ3n) is 5.17. The molecule has 1 N–H and O–H groups in total. The van der Waals surface area contributed by atoms with Crippen molar-refractivity contribution in [3.63, 3.8) is 0 Å². The van der Waals surface area contributed by atoms with Gasteiger partial charge in [0.15, 0.2) is 0 Å². The first-order valence-electron chi connectivity index (χ1n) is 9.32. The minimum Gasteiger partial charge on any atom is -0.497 e. The van der Waals surface area contributed by atoms with Crippen LogP contribution in [0.3, 0.4) is 0 Å². The number of rotatable bonds is 5. The lowest BCUT2D eigenvalue weighted by molar-refractivity contribution is 0.229. The Bertz CT molecular complexity index is 947. The van der Waals surface area contributed by atoms with E-state index in [1.165, 1.54) is 11.1 Å². The monoisotopic (exact) mass is 394 g/mol. The van der Waals surface area contributed by atoms with Crippen molar-refractivity contribution in [1.29, 1.82) is 0 Å². The highest BCUT2D eigenvalue weighted by atomic mass is 35.5. The second-order valence-electron chi connectivity index (χ2n) is 6.94. The largest absolute Gasteiger partial charge is 0.497 e. The summed E-state index contributed by atoms with van der Waals surface area (Å²) in [6.07, 6.45) is 0. The van der Waals surface area contributed by atoms with Gasteiger partial charge in [0, 0.05) is 38.2 Å². The van der Waals surface area contributed by atoms with Gasteiger partial charge in [-0.05, 0) is 34.9 Å². The molecule has 0 spiro atoms. The maximum atomic E-state index is 6.22. The average molecular weight is 395 g/mol. The van der Waals surface area contributed by atoms with Crippen LogP contribution in [0.1, 0.15) is 28.3 Å². The van der Waals surface area contributed by atoms with Crippen LogP contribution in [-0.4, -0.2) is 35.6 Å². The van der Waals surface area contributed by atoms with E-state index in [4.69, 9.17) is 16.3 Å². The number of fused-ring (bicyclic) bond motifs is 1. The van der Waals surface area contributed by atoms with Gasteiger partial charge in [-0.3, -0.25) is 4.90 Å². The molecule has 0 saturated carbocycles. The number of aromatic nitrogens is 2.